The Morgan fingerprint density at radius 3 is 2.44 bits per heavy atom. The predicted octanol–water partition coefficient (Wildman–Crippen LogP) is 8.04. The van der Waals surface area contributed by atoms with Crippen LogP contribution in [0.3, 0.4) is 0 Å². The van der Waals surface area contributed by atoms with Crippen LogP contribution in [0.5, 0.6) is 0 Å². The largest absolute Gasteiger partial charge is 0.376 e. The van der Waals surface area contributed by atoms with Gasteiger partial charge in [0.15, 0.2) is 0 Å². The summed E-state index contributed by atoms with van der Waals surface area (Å²) in [6.45, 7) is 3.95. The summed E-state index contributed by atoms with van der Waals surface area (Å²) in [5.41, 5.74) is 4.92. The lowest BCUT2D eigenvalue weighted by Crippen LogP contribution is -2.51. The first kappa shape index (κ1) is 45.7. The van der Waals surface area contributed by atoms with Crippen molar-refractivity contribution in [3.63, 3.8) is 0 Å². The fraction of sp³-hybridized carbons (Fsp3) is 0.286. The number of sulfonamides is 1. The third-order valence-electron chi connectivity index (χ3n) is 10.2. The van der Waals surface area contributed by atoms with E-state index in [-0.39, 0.29) is 48.3 Å². The van der Waals surface area contributed by atoms with E-state index in [9.17, 15) is 23.3 Å². The average Bonchev–Trinajstić information content (AvgIpc) is 3.56. The number of nitro benzene ring substituents is 1. The zero-order chi connectivity index (χ0) is 40.1. The van der Waals surface area contributed by atoms with Gasteiger partial charge in [0.1, 0.15) is 11.4 Å². The van der Waals surface area contributed by atoms with Crippen molar-refractivity contribution in [1.29, 1.82) is 0 Å². The van der Waals surface area contributed by atoms with E-state index in [4.69, 9.17) is 11.6 Å². The number of carbonyl (C=O) groups is 1. The molecule has 2 aliphatic heterocycles. The van der Waals surface area contributed by atoms with Gasteiger partial charge in [-0.1, -0.05) is 66.2 Å². The minimum Gasteiger partial charge on any atom is -0.376 e. The molecule has 1 fully saturated rings. The van der Waals surface area contributed by atoms with Gasteiger partial charge in [-0.15, -0.1) is 36.6 Å². The fourth-order valence-electron chi connectivity index (χ4n) is 7.35. The summed E-state index contributed by atoms with van der Waals surface area (Å²) in [6, 6.07) is 33.1. The molecule has 0 spiro atoms. The molecule has 2 aliphatic rings. The highest BCUT2D eigenvalue weighted by Crippen LogP contribution is 2.35. The molecule has 5 aromatic rings. The molecule has 0 bridgehead atoms. The van der Waals surface area contributed by atoms with Gasteiger partial charge in [-0.25, -0.2) is 18.1 Å². The molecule has 0 aliphatic carbocycles. The number of thioether (sulfide) groups is 1. The number of fused-ring (bicyclic) bond motifs is 3. The summed E-state index contributed by atoms with van der Waals surface area (Å²) in [4.78, 5) is 37.1. The molecule has 12 nitrogen and oxygen atoms in total. The maximum atomic E-state index is 13.5. The maximum absolute atomic E-state index is 13.5. The number of benzene rings is 4. The number of amides is 1. The van der Waals surface area contributed by atoms with Crippen molar-refractivity contribution in [3.05, 3.63) is 141 Å². The Bertz CT molecular complexity index is 2360. The van der Waals surface area contributed by atoms with Crippen molar-refractivity contribution in [2.24, 2.45) is 0 Å². The Morgan fingerprint density at radius 1 is 0.983 bits per heavy atom. The van der Waals surface area contributed by atoms with Crippen LogP contribution in [0.2, 0.25) is 5.02 Å². The van der Waals surface area contributed by atoms with Gasteiger partial charge >= 0.3 is 0 Å². The molecular weight excluding hydrogens is 853 g/mol. The molecule has 0 saturated carbocycles. The zero-order valence-corrected chi connectivity index (χ0v) is 36.5. The Balaban J connectivity index is 0.00000331. The van der Waals surface area contributed by atoms with Gasteiger partial charge in [-0.05, 0) is 92.3 Å². The Labute approximate surface area is 366 Å². The molecule has 59 heavy (non-hydrogen) atoms. The highest BCUT2D eigenvalue weighted by Gasteiger charge is 2.36. The van der Waals surface area contributed by atoms with Crippen LogP contribution in [-0.4, -0.2) is 92.1 Å². The maximum Gasteiger partial charge on any atom is 0.293 e. The number of nitrogens with one attached hydrogen (secondary N) is 2. The van der Waals surface area contributed by atoms with Gasteiger partial charge in [-0.2, -0.15) is 0 Å². The van der Waals surface area contributed by atoms with Crippen LogP contribution in [0.1, 0.15) is 28.2 Å². The second-order valence-electron chi connectivity index (χ2n) is 14.5. The van der Waals surface area contributed by atoms with Crippen molar-refractivity contribution >= 4 is 81.2 Å². The van der Waals surface area contributed by atoms with Crippen LogP contribution in [0, 0.1) is 10.1 Å². The smallest absolute Gasteiger partial charge is 0.293 e. The average molecular weight is 899 g/mol. The number of rotatable bonds is 15. The number of piperazine rings is 1. The minimum atomic E-state index is -4.48. The van der Waals surface area contributed by atoms with Crippen LogP contribution in [0.25, 0.3) is 11.1 Å². The van der Waals surface area contributed by atoms with E-state index >= 15 is 0 Å². The van der Waals surface area contributed by atoms with E-state index in [0.717, 1.165) is 60.6 Å². The SMILES string of the molecule is CN(C)CC[C@H](CSc1ccccc1)Nc1ccc(S(=O)(=O)NC(=O)c2ccc3c(n2)CC2CN(Cc4ccccc4-c4ccc(Cl)cc4)CCN32)cc1[N+](=O)[O-].Cl.Cl. The van der Waals surface area contributed by atoms with Gasteiger partial charge in [0.2, 0.25) is 0 Å². The first-order valence-electron chi connectivity index (χ1n) is 18.7. The topological polar surface area (TPSA) is 141 Å². The third kappa shape index (κ3) is 11.3. The molecule has 0 radical (unpaired) electrons. The summed E-state index contributed by atoms with van der Waals surface area (Å²) in [5, 5.41) is 16.2. The number of anilines is 2. The molecule has 1 saturated heterocycles. The molecule has 4 aromatic carbocycles. The second-order valence-corrected chi connectivity index (χ2v) is 17.8. The lowest BCUT2D eigenvalue weighted by Gasteiger charge is -2.39. The first-order valence-corrected chi connectivity index (χ1v) is 21.6. The standard InChI is InChI=1S/C42H44ClN7O5S2.2ClH/c1-47(2)21-20-32(28-56-34-9-4-3-5-10-34)44-37-17-16-35(25-41(37)50(52)53)57(54,55)46-42(51)38-18-19-40-39(45-38)24-33-27-48(22-23-49(33)40)26-30-8-6-7-11-36(30)29-12-14-31(43)15-13-29;;/h3-19,25,32-33,44H,20-24,26-28H2,1-2H3,(H,46,51);2*1H/t32-,33?;;/m1../s1. The fourth-order valence-corrected chi connectivity index (χ4v) is 9.45. The summed E-state index contributed by atoms with van der Waals surface area (Å²) in [7, 11) is -0.564. The molecule has 2 atom stereocenters. The first-order chi connectivity index (χ1) is 27.4. The minimum absolute atomic E-state index is 0. The van der Waals surface area contributed by atoms with Crippen molar-refractivity contribution in [1.82, 2.24) is 19.5 Å². The van der Waals surface area contributed by atoms with Crippen LogP contribution in [0.15, 0.2) is 119 Å². The van der Waals surface area contributed by atoms with E-state index in [1.54, 1.807) is 11.8 Å². The number of carbonyl (C=O) groups excluding carboxylic acids is 1. The molecule has 3 heterocycles. The number of nitrogens with zero attached hydrogens (tertiary/aromatic N) is 5. The number of hydrogen-bond donors (Lipinski definition) is 2. The van der Waals surface area contributed by atoms with Crippen LogP contribution in [0.4, 0.5) is 17.1 Å². The van der Waals surface area contributed by atoms with E-state index in [1.807, 2.05) is 85.7 Å². The summed E-state index contributed by atoms with van der Waals surface area (Å²) in [6.07, 6.45) is 1.31. The highest BCUT2D eigenvalue weighted by atomic mass is 35.5. The van der Waals surface area contributed by atoms with E-state index < -0.39 is 31.4 Å². The molecular formula is C42H46Cl3N7O5S2. The van der Waals surface area contributed by atoms with Crippen LogP contribution < -0.4 is 14.9 Å². The number of nitro groups is 1. The second kappa shape index (κ2) is 20.2. The molecule has 7 rings (SSSR count). The summed E-state index contributed by atoms with van der Waals surface area (Å²) >= 11 is 7.77. The molecule has 1 amide bonds. The van der Waals surface area contributed by atoms with E-state index in [2.05, 4.69) is 43.0 Å². The molecule has 1 unspecified atom stereocenters. The van der Waals surface area contributed by atoms with Crippen molar-refractivity contribution in [2.75, 3.05) is 56.2 Å². The monoisotopic (exact) mass is 897 g/mol. The number of pyridine rings is 1. The van der Waals surface area contributed by atoms with Crippen LogP contribution >= 0.6 is 48.2 Å². The van der Waals surface area contributed by atoms with E-state index in [1.165, 1.54) is 29.3 Å². The van der Waals surface area contributed by atoms with Gasteiger partial charge in [-0.3, -0.25) is 19.8 Å². The summed E-state index contributed by atoms with van der Waals surface area (Å²) < 4.78 is 29.1. The molecule has 1 aromatic heterocycles. The van der Waals surface area contributed by atoms with Crippen molar-refractivity contribution in [3.8, 4) is 11.1 Å². The Hall–Kier alpha value is -4.41. The van der Waals surface area contributed by atoms with Gasteiger partial charge < -0.3 is 15.1 Å². The predicted molar refractivity (Wildman–Crippen MR) is 241 cm³/mol. The molecule has 17 heteroatoms. The van der Waals surface area contributed by atoms with E-state index in [0.29, 0.717) is 23.6 Å². The lowest BCUT2D eigenvalue weighted by atomic mass is 9.99. The van der Waals surface area contributed by atoms with Crippen LogP contribution in [-0.2, 0) is 23.0 Å². The van der Waals surface area contributed by atoms with Crippen molar-refractivity contribution < 1.29 is 18.1 Å². The normalized spacial score (nSPS) is 15.3. The zero-order valence-electron chi connectivity index (χ0n) is 32.5. The Morgan fingerprint density at radius 2 is 1.71 bits per heavy atom. The third-order valence-corrected chi connectivity index (χ3v) is 13.0. The van der Waals surface area contributed by atoms with Gasteiger partial charge in [0.25, 0.3) is 21.6 Å². The van der Waals surface area contributed by atoms with Gasteiger partial charge in [0, 0.05) is 66.4 Å². The molecule has 2 N–H and O–H groups in total. The van der Waals surface area contributed by atoms with Gasteiger partial charge in [0.05, 0.1) is 21.2 Å². The quantitative estimate of drug-likeness (QED) is 0.0600. The number of aromatic nitrogens is 1. The summed E-state index contributed by atoms with van der Waals surface area (Å²) in [5.74, 6) is -0.273. The Kier molecular flexibility index (Phi) is 15.7. The molecule has 312 valence electrons. The number of hydrogen-bond acceptors (Lipinski definition) is 11. The lowest BCUT2D eigenvalue weighted by molar-refractivity contribution is -0.384. The van der Waals surface area contributed by atoms with Crippen molar-refractivity contribution in [2.45, 2.75) is 41.3 Å². The highest BCUT2D eigenvalue weighted by molar-refractivity contribution is 7.99. The number of halogens is 3.